The van der Waals surface area contributed by atoms with Gasteiger partial charge in [0.05, 0.1) is 47.6 Å². The van der Waals surface area contributed by atoms with Gasteiger partial charge in [0.1, 0.15) is 29.7 Å². The molecule has 0 bridgehead atoms. The van der Waals surface area contributed by atoms with Crippen molar-refractivity contribution in [2.24, 2.45) is 23.7 Å². The maximum atomic E-state index is 14.1. The predicted octanol–water partition coefficient (Wildman–Crippen LogP) is 1.79. The van der Waals surface area contributed by atoms with Gasteiger partial charge >= 0.3 is 5.97 Å². The van der Waals surface area contributed by atoms with Gasteiger partial charge in [-0.05, 0) is 74.9 Å². The molecule has 0 saturated carbocycles. The lowest BCUT2D eigenvalue weighted by molar-refractivity contribution is -0.318. The Hall–Kier alpha value is -1.30. The number of rotatable bonds is 7. The molecule has 0 aromatic heterocycles. The number of ether oxygens (including phenoxy) is 6. The predicted molar refractivity (Wildman–Crippen MR) is 186 cm³/mol. The number of esters is 1. The van der Waals surface area contributed by atoms with Crippen LogP contribution in [0.2, 0.25) is 0 Å². The van der Waals surface area contributed by atoms with Crippen LogP contribution in [0.4, 0.5) is 0 Å². The number of hydrogen-bond donors (Lipinski definition) is 5. The van der Waals surface area contributed by atoms with Crippen LogP contribution in [0.1, 0.15) is 94.9 Å². The SMILES string of the molecule is CC[C@@H]1OC(=O)[C@@H](C)[C@H](O[C@H]2C[C@@](C)(OC)[C@@H](O)[C@H](C)O2)[C@H](C)[C@H](O[C@@H]2O[C@H](C)C[C@H](N(C)C)[C@H]2O)[C@@](C)(O)C[C@H](C)C(=O)C(C)[C@@H](O)C1(C)O. The molecule has 3 fully saturated rings. The van der Waals surface area contributed by atoms with Gasteiger partial charge in [-0.3, -0.25) is 9.59 Å². The third-order valence-corrected chi connectivity index (χ3v) is 11.8. The van der Waals surface area contributed by atoms with Crippen LogP contribution in [0, 0.1) is 23.7 Å². The maximum absolute atomic E-state index is 14.1. The van der Waals surface area contributed by atoms with Crippen LogP contribution in [0.5, 0.6) is 0 Å². The Morgan fingerprint density at radius 2 is 1.49 bits per heavy atom. The van der Waals surface area contributed by atoms with E-state index >= 15 is 0 Å². The molecule has 0 aromatic carbocycles. The number of Topliss-reactive ketones (excluding diaryl/α,β-unsaturated/α-hetero) is 1. The van der Waals surface area contributed by atoms with E-state index in [-0.39, 0.29) is 31.4 Å². The van der Waals surface area contributed by atoms with Gasteiger partial charge < -0.3 is 58.9 Å². The van der Waals surface area contributed by atoms with Crippen LogP contribution in [0.3, 0.4) is 0 Å². The molecule has 5 N–H and O–H groups in total. The van der Waals surface area contributed by atoms with Gasteiger partial charge in [0.25, 0.3) is 0 Å². The minimum atomic E-state index is -1.99. The highest BCUT2D eigenvalue weighted by molar-refractivity contribution is 5.83. The molecule has 3 aliphatic rings. The molecule has 3 heterocycles. The van der Waals surface area contributed by atoms with Crippen molar-refractivity contribution in [1.82, 2.24) is 4.90 Å². The van der Waals surface area contributed by atoms with Crippen LogP contribution in [-0.2, 0) is 38.0 Å². The summed E-state index contributed by atoms with van der Waals surface area (Å²) in [5, 5.41) is 57.6. The quantitative estimate of drug-likeness (QED) is 0.238. The molecule has 14 nitrogen and oxygen atoms in total. The number of aliphatic hydroxyl groups excluding tert-OH is 3. The van der Waals surface area contributed by atoms with Crippen molar-refractivity contribution in [1.29, 1.82) is 0 Å². The van der Waals surface area contributed by atoms with Gasteiger partial charge in [0.15, 0.2) is 12.6 Å². The summed E-state index contributed by atoms with van der Waals surface area (Å²) >= 11 is 0. The zero-order chi connectivity index (χ0) is 39.0. The Bertz CT molecular complexity index is 1170. The summed E-state index contributed by atoms with van der Waals surface area (Å²) in [7, 11) is 5.18. The Balaban J connectivity index is 2.18. The number of carbonyl (C=O) groups excluding carboxylic acids is 2. The van der Waals surface area contributed by atoms with Crippen molar-refractivity contribution in [3.05, 3.63) is 0 Å². The van der Waals surface area contributed by atoms with Crippen molar-refractivity contribution >= 4 is 11.8 Å². The van der Waals surface area contributed by atoms with Gasteiger partial charge in [-0.2, -0.15) is 0 Å². The van der Waals surface area contributed by atoms with E-state index in [0.717, 1.165) is 0 Å². The topological polar surface area (TPSA) is 194 Å². The van der Waals surface area contributed by atoms with E-state index in [1.54, 1.807) is 41.5 Å². The molecular weight excluding hydrogens is 666 g/mol. The van der Waals surface area contributed by atoms with Crippen molar-refractivity contribution in [3.63, 3.8) is 0 Å². The van der Waals surface area contributed by atoms with Gasteiger partial charge in [-0.1, -0.05) is 27.7 Å². The summed E-state index contributed by atoms with van der Waals surface area (Å²) in [5.41, 5.74) is -4.84. The van der Waals surface area contributed by atoms with E-state index < -0.39 is 108 Å². The number of aliphatic hydroxyl groups is 5. The molecule has 3 rings (SSSR count). The fourth-order valence-corrected chi connectivity index (χ4v) is 8.41. The molecule has 3 aliphatic heterocycles. The number of ketones is 1. The van der Waals surface area contributed by atoms with Crippen molar-refractivity contribution in [2.45, 2.75) is 179 Å². The highest BCUT2D eigenvalue weighted by Gasteiger charge is 2.53. The third-order valence-electron chi connectivity index (χ3n) is 11.8. The number of carbonyl (C=O) groups is 2. The molecule has 0 aromatic rings. The molecule has 298 valence electrons. The van der Waals surface area contributed by atoms with E-state index in [2.05, 4.69) is 0 Å². The second-order valence-corrected chi connectivity index (χ2v) is 16.5. The first-order valence-corrected chi connectivity index (χ1v) is 18.5. The zero-order valence-electron chi connectivity index (χ0n) is 32.9. The molecule has 2 unspecified atom stereocenters. The van der Waals surface area contributed by atoms with E-state index in [4.69, 9.17) is 28.4 Å². The highest BCUT2D eigenvalue weighted by Crippen LogP contribution is 2.40. The first-order valence-electron chi connectivity index (χ1n) is 18.5. The van der Waals surface area contributed by atoms with Gasteiger partial charge in [0.2, 0.25) is 0 Å². The number of nitrogens with zero attached hydrogens (tertiary/aromatic N) is 1. The van der Waals surface area contributed by atoms with Crippen LogP contribution in [-0.4, -0.2) is 148 Å². The normalized spacial score (nSPS) is 49.7. The average Bonchev–Trinajstić information content (AvgIpc) is 3.05. The highest BCUT2D eigenvalue weighted by atomic mass is 16.7. The van der Waals surface area contributed by atoms with Gasteiger partial charge in [-0.15, -0.1) is 0 Å². The fourth-order valence-electron chi connectivity index (χ4n) is 8.41. The standard InChI is InChI=1S/C37H67NO13/c1-14-25-37(10,45)30(41)20(4)27(39)18(2)16-35(8,44)32(51-34-28(40)24(38(11)12)15-19(3)47-34)21(5)29(22(6)33(43)49-25)50-26-17-36(9,46-13)31(42)23(7)48-26/h18-26,28-32,34,40-42,44-45H,14-17H2,1-13H3/t18-,19+,20?,21-,22-,23-,24-,25-,26-,28+,29+,30+,31-,32-,34-,35-,36+,37?/m0/s1. The zero-order valence-corrected chi connectivity index (χ0v) is 32.9. The lowest BCUT2D eigenvalue weighted by atomic mass is 9.74. The number of methoxy groups -OCH3 is 1. The number of likely N-dealkylation sites (N-methyl/N-ethyl adjacent to an activating group) is 1. The Labute approximate surface area is 304 Å². The van der Waals surface area contributed by atoms with E-state index in [1.807, 2.05) is 25.9 Å². The van der Waals surface area contributed by atoms with Crippen LogP contribution in [0.25, 0.3) is 0 Å². The molecular formula is C37H67NO13. The molecule has 0 radical (unpaired) electrons. The molecule has 18 atom stereocenters. The van der Waals surface area contributed by atoms with Gasteiger partial charge in [0, 0.05) is 37.3 Å². The summed E-state index contributed by atoms with van der Waals surface area (Å²) in [6, 6.07) is -0.324. The van der Waals surface area contributed by atoms with Gasteiger partial charge in [-0.25, -0.2) is 0 Å². The van der Waals surface area contributed by atoms with Crippen LogP contribution in [0.15, 0.2) is 0 Å². The summed E-state index contributed by atoms with van der Waals surface area (Å²) in [6.07, 6.45) is -9.71. The lowest BCUT2D eigenvalue weighted by Crippen LogP contribution is -2.61. The molecule has 3 saturated heterocycles. The second kappa shape index (κ2) is 17.0. The van der Waals surface area contributed by atoms with E-state index in [1.165, 1.54) is 27.9 Å². The second-order valence-electron chi connectivity index (χ2n) is 16.5. The fraction of sp³-hybridized carbons (Fsp3) is 0.946. The van der Waals surface area contributed by atoms with Crippen LogP contribution >= 0.6 is 0 Å². The average molecular weight is 734 g/mol. The van der Waals surface area contributed by atoms with Crippen molar-refractivity contribution in [3.8, 4) is 0 Å². The molecule has 51 heavy (non-hydrogen) atoms. The Morgan fingerprint density at radius 1 is 0.882 bits per heavy atom. The summed E-state index contributed by atoms with van der Waals surface area (Å²) in [5.74, 6) is -4.98. The largest absolute Gasteiger partial charge is 0.459 e. The monoisotopic (exact) mass is 733 g/mol. The minimum Gasteiger partial charge on any atom is -0.459 e. The Morgan fingerprint density at radius 3 is 2.04 bits per heavy atom. The maximum Gasteiger partial charge on any atom is 0.311 e. The van der Waals surface area contributed by atoms with E-state index in [9.17, 15) is 35.1 Å². The molecule has 0 spiro atoms. The van der Waals surface area contributed by atoms with Crippen molar-refractivity contribution < 1.29 is 63.5 Å². The minimum absolute atomic E-state index is 0.0936. The first kappa shape index (κ1) is 44.1. The first-order chi connectivity index (χ1) is 23.4. The third kappa shape index (κ3) is 9.51. The summed E-state index contributed by atoms with van der Waals surface area (Å²) < 4.78 is 37.1. The number of cyclic esters (lactones) is 1. The Kier molecular flexibility index (Phi) is 14.7. The number of hydrogen-bond acceptors (Lipinski definition) is 14. The smallest absolute Gasteiger partial charge is 0.311 e. The van der Waals surface area contributed by atoms with Crippen molar-refractivity contribution in [2.75, 3.05) is 21.2 Å². The van der Waals surface area contributed by atoms with E-state index in [0.29, 0.717) is 6.42 Å². The van der Waals surface area contributed by atoms with Crippen LogP contribution < -0.4 is 0 Å². The summed E-state index contributed by atoms with van der Waals surface area (Å²) in [4.78, 5) is 29.8. The molecule has 0 aliphatic carbocycles. The lowest BCUT2D eigenvalue weighted by Gasteiger charge is -2.49. The summed E-state index contributed by atoms with van der Waals surface area (Å²) in [6.45, 7) is 16.3. The molecule has 14 heteroatoms. The molecule has 0 amide bonds.